The minimum absolute atomic E-state index is 0.0253. The molecule has 9 heteroatoms. The first-order valence-corrected chi connectivity index (χ1v) is 9.60. The van der Waals surface area contributed by atoms with Crippen LogP contribution in [0, 0.1) is 5.82 Å². The number of halogens is 4. The number of aromatic nitrogens is 1. The van der Waals surface area contributed by atoms with Crippen LogP contribution in [0.4, 0.5) is 17.6 Å². The summed E-state index contributed by atoms with van der Waals surface area (Å²) in [6.45, 7) is 0.192. The predicted molar refractivity (Wildman–Crippen MR) is 100 cm³/mol. The Morgan fingerprint density at radius 3 is 2.66 bits per heavy atom. The summed E-state index contributed by atoms with van der Waals surface area (Å²) in [5, 5.41) is 11.2. The molecular formula is C20H15F4N3OS. The van der Waals surface area contributed by atoms with Gasteiger partial charge in [-0.1, -0.05) is 18.2 Å². The summed E-state index contributed by atoms with van der Waals surface area (Å²) < 4.78 is 54.2. The van der Waals surface area contributed by atoms with E-state index in [9.17, 15) is 22.7 Å². The fraction of sp³-hybridized carbons (Fsp3) is 0.200. The summed E-state index contributed by atoms with van der Waals surface area (Å²) in [5.41, 5.74) is -0.0946. The smallest absolute Gasteiger partial charge is 0.417 e. The Hall–Kier alpha value is -2.94. The van der Waals surface area contributed by atoms with Crippen molar-refractivity contribution in [2.45, 2.75) is 18.8 Å². The van der Waals surface area contributed by atoms with Gasteiger partial charge in [0.2, 0.25) is 0 Å². The number of nitrogens with zero attached hydrogens (tertiary/aromatic N) is 3. The highest BCUT2D eigenvalue weighted by Crippen LogP contribution is 2.31. The number of benzene rings is 1. The first-order valence-electron chi connectivity index (χ1n) is 8.72. The number of hydrogen-bond acceptors (Lipinski definition) is 5. The van der Waals surface area contributed by atoms with E-state index in [2.05, 4.69) is 9.98 Å². The van der Waals surface area contributed by atoms with Crippen molar-refractivity contribution in [1.29, 1.82) is 0 Å². The van der Waals surface area contributed by atoms with Gasteiger partial charge in [-0.2, -0.15) is 13.2 Å². The molecule has 150 valence electrons. The van der Waals surface area contributed by atoms with E-state index in [1.54, 1.807) is 29.2 Å². The lowest BCUT2D eigenvalue weighted by Crippen LogP contribution is -2.39. The van der Waals surface area contributed by atoms with Crippen LogP contribution in [-0.2, 0) is 12.6 Å². The van der Waals surface area contributed by atoms with Crippen LogP contribution >= 0.6 is 11.3 Å². The zero-order chi connectivity index (χ0) is 20.6. The first kappa shape index (κ1) is 19.4. The zero-order valence-electron chi connectivity index (χ0n) is 14.9. The van der Waals surface area contributed by atoms with Gasteiger partial charge in [0.15, 0.2) is 6.17 Å². The van der Waals surface area contributed by atoms with Crippen molar-refractivity contribution in [3.05, 3.63) is 80.5 Å². The van der Waals surface area contributed by atoms with E-state index in [1.165, 1.54) is 24.5 Å². The van der Waals surface area contributed by atoms with Gasteiger partial charge in [0.05, 0.1) is 5.56 Å². The lowest BCUT2D eigenvalue weighted by atomic mass is 10.1. The Labute approximate surface area is 167 Å². The lowest BCUT2D eigenvalue weighted by Gasteiger charge is -2.29. The first-order chi connectivity index (χ1) is 13.8. The summed E-state index contributed by atoms with van der Waals surface area (Å²) >= 11 is 0.888. The third-order valence-electron chi connectivity index (χ3n) is 4.62. The van der Waals surface area contributed by atoms with Crippen molar-refractivity contribution in [3.8, 4) is 5.75 Å². The molecule has 0 radical (unpaired) electrons. The third kappa shape index (κ3) is 3.82. The van der Waals surface area contributed by atoms with E-state index in [0.29, 0.717) is 5.56 Å². The molecule has 0 spiro atoms. The van der Waals surface area contributed by atoms with Crippen molar-refractivity contribution in [2.24, 2.45) is 4.99 Å². The topological polar surface area (TPSA) is 48.7 Å². The van der Waals surface area contributed by atoms with Crippen LogP contribution in [0.2, 0.25) is 0 Å². The molecule has 3 heterocycles. The van der Waals surface area contributed by atoms with Crippen LogP contribution in [-0.4, -0.2) is 21.5 Å². The molecule has 0 fully saturated rings. The van der Waals surface area contributed by atoms with Crippen molar-refractivity contribution < 1.29 is 22.7 Å². The SMILES string of the molecule is Oc1cccnc1C1N=c2scc(C(F)(F)F)c2=CN1CCc1ccccc1F. The van der Waals surface area contributed by atoms with Gasteiger partial charge < -0.3 is 10.0 Å². The molecule has 2 aromatic heterocycles. The van der Waals surface area contributed by atoms with E-state index >= 15 is 0 Å². The van der Waals surface area contributed by atoms with Gasteiger partial charge in [0.25, 0.3) is 0 Å². The molecule has 0 amide bonds. The molecule has 4 nitrogen and oxygen atoms in total. The molecule has 0 saturated carbocycles. The number of fused-ring (bicyclic) bond motifs is 1. The minimum Gasteiger partial charge on any atom is -0.506 e. The van der Waals surface area contributed by atoms with Gasteiger partial charge in [-0.05, 0) is 30.2 Å². The highest BCUT2D eigenvalue weighted by Gasteiger charge is 2.35. The standard InChI is InChI=1S/C20H15F4N3OS/c21-15-5-2-1-4-12(15)7-9-27-10-13-14(20(22,23)24)11-29-19(13)26-18(27)17-16(28)6-3-8-25-17/h1-6,8,10-11,18,28H,7,9H2. The second-order valence-electron chi connectivity index (χ2n) is 6.48. The zero-order valence-corrected chi connectivity index (χ0v) is 15.7. The average molecular weight is 421 g/mol. The average Bonchev–Trinajstić information content (AvgIpc) is 3.10. The Kier molecular flexibility index (Phi) is 4.99. The summed E-state index contributed by atoms with van der Waals surface area (Å²) in [7, 11) is 0. The fourth-order valence-electron chi connectivity index (χ4n) is 3.19. The summed E-state index contributed by atoms with van der Waals surface area (Å²) in [5.74, 6) is -0.493. The van der Waals surface area contributed by atoms with E-state index in [1.807, 2.05) is 0 Å². The quantitative estimate of drug-likeness (QED) is 0.655. The van der Waals surface area contributed by atoms with Crippen LogP contribution in [0.15, 0.2) is 53.0 Å². The van der Waals surface area contributed by atoms with Gasteiger partial charge >= 0.3 is 6.18 Å². The molecule has 1 aromatic carbocycles. The largest absolute Gasteiger partial charge is 0.506 e. The number of thiophene rings is 1. The van der Waals surface area contributed by atoms with E-state index in [-0.39, 0.29) is 40.1 Å². The van der Waals surface area contributed by atoms with Crippen LogP contribution < -0.4 is 9.89 Å². The highest BCUT2D eigenvalue weighted by molar-refractivity contribution is 7.07. The van der Waals surface area contributed by atoms with Gasteiger partial charge in [-0.3, -0.25) is 4.98 Å². The normalized spacial score (nSPS) is 16.1. The van der Waals surface area contributed by atoms with Gasteiger partial charge in [0, 0.05) is 29.5 Å². The molecule has 4 rings (SSSR count). The van der Waals surface area contributed by atoms with Crippen molar-refractivity contribution in [3.63, 3.8) is 0 Å². The van der Waals surface area contributed by atoms with Crippen molar-refractivity contribution in [1.82, 2.24) is 9.88 Å². The molecule has 1 atom stereocenters. The maximum atomic E-state index is 14.0. The maximum Gasteiger partial charge on any atom is 0.417 e. The Bertz CT molecular complexity index is 1160. The highest BCUT2D eigenvalue weighted by atomic mass is 32.1. The molecule has 1 unspecified atom stereocenters. The molecule has 0 aliphatic carbocycles. The number of pyridine rings is 1. The maximum absolute atomic E-state index is 14.0. The molecule has 29 heavy (non-hydrogen) atoms. The van der Waals surface area contributed by atoms with Gasteiger partial charge in [-0.15, -0.1) is 11.3 Å². The minimum atomic E-state index is -4.51. The number of aromatic hydroxyl groups is 1. The summed E-state index contributed by atoms with van der Waals surface area (Å²) in [6, 6.07) is 9.22. The van der Waals surface area contributed by atoms with Gasteiger partial charge in [0.1, 0.15) is 21.9 Å². The third-order valence-corrected chi connectivity index (χ3v) is 5.52. The molecule has 0 saturated heterocycles. The molecule has 1 N–H and O–H groups in total. The second-order valence-corrected chi connectivity index (χ2v) is 7.34. The van der Waals surface area contributed by atoms with Crippen molar-refractivity contribution in [2.75, 3.05) is 6.54 Å². The Balaban J connectivity index is 1.77. The van der Waals surface area contributed by atoms with E-state index in [0.717, 1.165) is 16.7 Å². The van der Waals surface area contributed by atoms with Crippen LogP contribution in [0.3, 0.4) is 0 Å². The van der Waals surface area contributed by atoms with E-state index < -0.39 is 17.9 Å². The summed E-state index contributed by atoms with van der Waals surface area (Å²) in [6.07, 6.45) is -2.21. The molecule has 3 aromatic rings. The second kappa shape index (κ2) is 7.47. The van der Waals surface area contributed by atoms with Gasteiger partial charge in [-0.25, -0.2) is 9.38 Å². The molecule has 1 aliphatic rings. The molecule has 0 bridgehead atoms. The van der Waals surface area contributed by atoms with Crippen LogP contribution in [0.5, 0.6) is 5.75 Å². The van der Waals surface area contributed by atoms with E-state index in [4.69, 9.17) is 0 Å². The monoisotopic (exact) mass is 421 g/mol. The fourth-order valence-corrected chi connectivity index (χ4v) is 4.13. The number of rotatable bonds is 4. The molecule has 1 aliphatic heterocycles. The number of alkyl halides is 3. The van der Waals surface area contributed by atoms with Crippen LogP contribution in [0.25, 0.3) is 6.20 Å². The predicted octanol–water partition coefficient (Wildman–Crippen LogP) is 3.62. The number of hydrogen-bond donors (Lipinski definition) is 1. The lowest BCUT2D eigenvalue weighted by molar-refractivity contribution is -0.138. The Morgan fingerprint density at radius 1 is 1.14 bits per heavy atom. The molecular weight excluding hydrogens is 406 g/mol. The van der Waals surface area contributed by atoms with Crippen molar-refractivity contribution >= 4 is 17.5 Å². The Morgan fingerprint density at radius 2 is 1.93 bits per heavy atom. The summed E-state index contributed by atoms with van der Waals surface area (Å²) in [4.78, 5) is 10.1. The van der Waals surface area contributed by atoms with Crippen LogP contribution in [0.1, 0.15) is 23.0 Å².